The molecule has 0 spiro atoms. The van der Waals surface area contributed by atoms with Crippen LogP contribution in [0.4, 0.5) is 5.82 Å². The SMILES string of the molecule is CCOC(=O)CNc1c(-c2ccc3ccccc3c2)nc2c(C(=O)NC(C)C(=O)O)cccn12. The van der Waals surface area contributed by atoms with Gasteiger partial charge in [0, 0.05) is 11.8 Å². The van der Waals surface area contributed by atoms with Gasteiger partial charge in [-0.1, -0.05) is 36.4 Å². The number of esters is 1. The molecule has 3 N–H and O–H groups in total. The summed E-state index contributed by atoms with van der Waals surface area (Å²) in [6.45, 7) is 3.29. The van der Waals surface area contributed by atoms with Gasteiger partial charge in [-0.2, -0.15) is 0 Å². The average Bonchev–Trinajstić information content (AvgIpc) is 3.21. The number of pyridine rings is 1. The standard InChI is InChI=1S/C25H24N4O5/c1-3-34-20(30)14-26-23-21(18-11-10-16-7-4-5-8-17(16)13-18)28-22-19(9-6-12-29(22)23)24(31)27-15(2)25(32)33/h4-13,15,26H,3,14H2,1-2H3,(H,27,31)(H,32,33). The molecule has 9 heteroatoms. The number of aliphatic carboxylic acids is 1. The Kier molecular flexibility index (Phi) is 6.44. The molecule has 0 aliphatic carbocycles. The van der Waals surface area contributed by atoms with E-state index in [2.05, 4.69) is 10.6 Å². The normalized spacial score (nSPS) is 11.8. The van der Waals surface area contributed by atoms with E-state index >= 15 is 0 Å². The van der Waals surface area contributed by atoms with Crippen molar-refractivity contribution in [1.82, 2.24) is 14.7 Å². The fraction of sp³-hybridized carbons (Fsp3) is 0.200. The topological polar surface area (TPSA) is 122 Å². The molecular formula is C25H24N4O5. The van der Waals surface area contributed by atoms with Gasteiger partial charge >= 0.3 is 11.9 Å². The van der Waals surface area contributed by atoms with Crippen LogP contribution in [0.1, 0.15) is 24.2 Å². The number of carboxylic acid groups (broad SMARTS) is 1. The molecule has 174 valence electrons. The number of anilines is 1. The fourth-order valence-electron chi connectivity index (χ4n) is 3.66. The lowest BCUT2D eigenvalue weighted by Crippen LogP contribution is -2.38. The maximum atomic E-state index is 12.8. The number of imidazole rings is 1. The Morgan fingerprint density at radius 2 is 1.85 bits per heavy atom. The predicted octanol–water partition coefficient (Wildman–Crippen LogP) is 3.33. The maximum Gasteiger partial charge on any atom is 0.325 e. The Morgan fingerprint density at radius 1 is 1.09 bits per heavy atom. The van der Waals surface area contributed by atoms with Crippen molar-refractivity contribution >= 4 is 40.1 Å². The number of nitrogens with zero attached hydrogens (tertiary/aromatic N) is 2. The van der Waals surface area contributed by atoms with E-state index < -0.39 is 23.9 Å². The Hall–Kier alpha value is -4.40. The van der Waals surface area contributed by atoms with Crippen molar-refractivity contribution in [3.8, 4) is 11.3 Å². The molecule has 0 radical (unpaired) electrons. The van der Waals surface area contributed by atoms with Crippen LogP contribution in [-0.4, -0.2) is 51.5 Å². The zero-order valence-electron chi connectivity index (χ0n) is 18.7. The zero-order chi connectivity index (χ0) is 24.2. The Labute approximate surface area is 195 Å². The van der Waals surface area contributed by atoms with Crippen LogP contribution in [0.25, 0.3) is 27.7 Å². The smallest absolute Gasteiger partial charge is 0.325 e. The number of hydrogen-bond acceptors (Lipinski definition) is 6. The minimum absolute atomic E-state index is 0.0886. The molecule has 4 rings (SSSR count). The average molecular weight is 460 g/mol. The van der Waals surface area contributed by atoms with Gasteiger partial charge in [0.25, 0.3) is 5.91 Å². The molecule has 0 aliphatic heterocycles. The minimum Gasteiger partial charge on any atom is -0.480 e. The first-order chi connectivity index (χ1) is 16.4. The van der Waals surface area contributed by atoms with E-state index in [1.807, 2.05) is 42.5 Å². The van der Waals surface area contributed by atoms with E-state index in [0.717, 1.165) is 16.3 Å². The van der Waals surface area contributed by atoms with Gasteiger partial charge in [-0.05, 0) is 42.8 Å². The van der Waals surface area contributed by atoms with Crippen LogP contribution in [-0.2, 0) is 14.3 Å². The van der Waals surface area contributed by atoms with Gasteiger partial charge < -0.3 is 20.5 Å². The maximum absolute atomic E-state index is 12.8. The number of fused-ring (bicyclic) bond motifs is 2. The number of carbonyl (C=O) groups excluding carboxylic acids is 2. The molecule has 0 bridgehead atoms. The highest BCUT2D eigenvalue weighted by molar-refractivity contribution is 6.02. The van der Waals surface area contributed by atoms with Gasteiger partial charge in [0.15, 0.2) is 5.65 Å². The van der Waals surface area contributed by atoms with Crippen LogP contribution in [0.2, 0.25) is 0 Å². The van der Waals surface area contributed by atoms with E-state index in [9.17, 15) is 14.4 Å². The number of nitrogens with one attached hydrogen (secondary N) is 2. The monoisotopic (exact) mass is 460 g/mol. The van der Waals surface area contributed by atoms with Gasteiger partial charge in [-0.15, -0.1) is 0 Å². The molecule has 1 unspecified atom stereocenters. The molecule has 2 aromatic carbocycles. The van der Waals surface area contributed by atoms with Crippen LogP contribution in [0.15, 0.2) is 60.8 Å². The number of carboxylic acids is 1. The molecular weight excluding hydrogens is 436 g/mol. The van der Waals surface area contributed by atoms with Crippen molar-refractivity contribution in [2.75, 3.05) is 18.5 Å². The van der Waals surface area contributed by atoms with Gasteiger partial charge in [-0.3, -0.25) is 18.8 Å². The van der Waals surface area contributed by atoms with E-state index in [-0.39, 0.29) is 18.7 Å². The second-order valence-electron chi connectivity index (χ2n) is 7.68. The van der Waals surface area contributed by atoms with E-state index in [1.165, 1.54) is 6.92 Å². The summed E-state index contributed by atoms with van der Waals surface area (Å²) >= 11 is 0. The number of benzene rings is 2. The van der Waals surface area contributed by atoms with Crippen LogP contribution in [0.5, 0.6) is 0 Å². The molecule has 0 fully saturated rings. The minimum atomic E-state index is -1.14. The fourth-order valence-corrected chi connectivity index (χ4v) is 3.66. The molecule has 4 aromatic rings. The van der Waals surface area contributed by atoms with Crippen molar-refractivity contribution in [2.45, 2.75) is 19.9 Å². The third-order valence-corrected chi connectivity index (χ3v) is 5.34. The summed E-state index contributed by atoms with van der Waals surface area (Å²) in [6, 6.07) is 16.0. The van der Waals surface area contributed by atoms with Crippen molar-refractivity contribution in [1.29, 1.82) is 0 Å². The van der Waals surface area contributed by atoms with E-state index in [1.54, 1.807) is 29.7 Å². The molecule has 1 amide bonds. The second kappa shape index (κ2) is 9.62. The molecule has 1 atom stereocenters. The molecule has 2 heterocycles. The van der Waals surface area contributed by atoms with Crippen LogP contribution >= 0.6 is 0 Å². The highest BCUT2D eigenvalue weighted by Crippen LogP contribution is 2.32. The van der Waals surface area contributed by atoms with Crippen molar-refractivity contribution in [2.24, 2.45) is 0 Å². The van der Waals surface area contributed by atoms with Crippen molar-refractivity contribution in [3.05, 3.63) is 66.4 Å². The first kappa shape index (κ1) is 22.8. The van der Waals surface area contributed by atoms with E-state index in [0.29, 0.717) is 17.2 Å². The van der Waals surface area contributed by atoms with Crippen LogP contribution in [0.3, 0.4) is 0 Å². The lowest BCUT2D eigenvalue weighted by molar-refractivity contribution is -0.141. The zero-order valence-corrected chi connectivity index (χ0v) is 18.7. The number of aromatic nitrogens is 2. The van der Waals surface area contributed by atoms with Gasteiger partial charge in [0.2, 0.25) is 0 Å². The number of amides is 1. The molecule has 0 saturated carbocycles. The van der Waals surface area contributed by atoms with Crippen molar-refractivity contribution in [3.63, 3.8) is 0 Å². The summed E-state index contributed by atoms with van der Waals surface area (Å²) in [5.41, 5.74) is 1.87. The summed E-state index contributed by atoms with van der Waals surface area (Å²) in [7, 11) is 0. The van der Waals surface area contributed by atoms with Gasteiger partial charge in [0.05, 0.1) is 12.2 Å². The number of carbonyl (C=O) groups is 3. The Bertz CT molecular complexity index is 1390. The molecule has 0 saturated heterocycles. The largest absolute Gasteiger partial charge is 0.480 e. The summed E-state index contributed by atoms with van der Waals surface area (Å²) in [5, 5.41) is 16.8. The summed E-state index contributed by atoms with van der Waals surface area (Å²) in [6.07, 6.45) is 1.72. The third kappa shape index (κ3) is 4.54. The molecule has 2 aromatic heterocycles. The number of rotatable bonds is 8. The van der Waals surface area contributed by atoms with Crippen LogP contribution in [0, 0.1) is 0 Å². The van der Waals surface area contributed by atoms with Gasteiger partial charge in [-0.25, -0.2) is 4.98 Å². The summed E-state index contributed by atoms with van der Waals surface area (Å²) in [5.74, 6) is -1.62. The molecule has 9 nitrogen and oxygen atoms in total. The van der Waals surface area contributed by atoms with Crippen molar-refractivity contribution < 1.29 is 24.2 Å². The quantitative estimate of drug-likeness (QED) is 0.345. The number of hydrogen-bond donors (Lipinski definition) is 3. The lowest BCUT2D eigenvalue weighted by atomic mass is 10.1. The molecule has 0 aliphatic rings. The summed E-state index contributed by atoms with van der Waals surface area (Å²) < 4.78 is 6.70. The highest BCUT2D eigenvalue weighted by atomic mass is 16.5. The third-order valence-electron chi connectivity index (χ3n) is 5.34. The first-order valence-corrected chi connectivity index (χ1v) is 10.8. The van der Waals surface area contributed by atoms with Crippen LogP contribution < -0.4 is 10.6 Å². The summed E-state index contributed by atoms with van der Waals surface area (Å²) in [4.78, 5) is 40.8. The Balaban J connectivity index is 1.83. The van der Waals surface area contributed by atoms with Gasteiger partial charge in [0.1, 0.15) is 24.1 Å². The molecule has 34 heavy (non-hydrogen) atoms. The first-order valence-electron chi connectivity index (χ1n) is 10.8. The second-order valence-corrected chi connectivity index (χ2v) is 7.68. The number of ether oxygens (including phenoxy) is 1. The van der Waals surface area contributed by atoms with E-state index in [4.69, 9.17) is 14.8 Å². The lowest BCUT2D eigenvalue weighted by Gasteiger charge is -2.11. The Morgan fingerprint density at radius 3 is 2.59 bits per heavy atom. The highest BCUT2D eigenvalue weighted by Gasteiger charge is 2.22. The predicted molar refractivity (Wildman–Crippen MR) is 128 cm³/mol.